The number of nitrogens with one attached hydrogen (secondary N) is 1. The van der Waals surface area contributed by atoms with Crippen LogP contribution in [0.2, 0.25) is 0 Å². The molecule has 0 spiro atoms. The minimum absolute atomic E-state index is 0.0338. The second-order valence-electron chi connectivity index (χ2n) is 6.01. The van der Waals surface area contributed by atoms with Crippen molar-refractivity contribution in [2.75, 3.05) is 5.75 Å². The zero-order valence-electron chi connectivity index (χ0n) is 15.6. The Morgan fingerprint density at radius 2 is 1.79 bits per heavy atom. The molecule has 0 saturated heterocycles. The van der Waals surface area contributed by atoms with E-state index in [1.807, 2.05) is 30.3 Å². The van der Waals surface area contributed by atoms with Crippen LogP contribution in [-0.2, 0) is 22.3 Å². The largest absolute Gasteiger partial charge is 0.273 e. The molecule has 1 heterocycles. The Bertz CT molecular complexity index is 1080. The van der Waals surface area contributed by atoms with Gasteiger partial charge < -0.3 is 0 Å². The van der Waals surface area contributed by atoms with E-state index in [9.17, 15) is 18.5 Å². The average Bonchev–Trinajstić information content (AvgIpc) is 3.14. The number of rotatable bonds is 9. The number of nitro benzene ring substituents is 1. The van der Waals surface area contributed by atoms with Crippen LogP contribution < -0.4 is 4.72 Å². The van der Waals surface area contributed by atoms with Gasteiger partial charge in [-0.3, -0.25) is 14.7 Å². The Labute approximate surface area is 172 Å². The zero-order chi connectivity index (χ0) is 20.9. The van der Waals surface area contributed by atoms with Crippen molar-refractivity contribution in [3.8, 4) is 5.69 Å². The molecular weight excluding hydrogens is 414 g/mol. The maximum Gasteiger partial charge on any atom is 0.269 e. The van der Waals surface area contributed by atoms with Crippen LogP contribution in [0.3, 0.4) is 0 Å². The molecule has 29 heavy (non-hydrogen) atoms. The summed E-state index contributed by atoms with van der Waals surface area (Å²) in [5.74, 6) is 0.993. The summed E-state index contributed by atoms with van der Waals surface area (Å²) >= 11 is 1.44. The van der Waals surface area contributed by atoms with Gasteiger partial charge in [0.15, 0.2) is 11.0 Å². The highest BCUT2D eigenvalue weighted by Gasteiger charge is 2.17. The summed E-state index contributed by atoms with van der Waals surface area (Å²) in [5.41, 5.74) is 1.68. The number of thioether (sulfide) groups is 1. The third-order valence-electron chi connectivity index (χ3n) is 4.06. The fraction of sp³-hybridized carbons (Fsp3) is 0.222. The van der Waals surface area contributed by atoms with E-state index in [1.54, 1.807) is 23.6 Å². The number of nitro groups is 1. The first-order valence-electron chi connectivity index (χ1n) is 8.73. The van der Waals surface area contributed by atoms with Crippen LogP contribution in [0.1, 0.15) is 18.3 Å². The van der Waals surface area contributed by atoms with Crippen LogP contribution in [0.5, 0.6) is 0 Å². The number of nitrogens with zero attached hydrogens (tertiary/aromatic N) is 4. The van der Waals surface area contributed by atoms with Gasteiger partial charge in [0.05, 0.1) is 17.2 Å². The maximum absolute atomic E-state index is 11.8. The molecule has 0 atom stereocenters. The molecule has 9 nitrogen and oxygen atoms in total. The van der Waals surface area contributed by atoms with E-state index in [0.717, 1.165) is 5.56 Å². The fourth-order valence-electron chi connectivity index (χ4n) is 2.49. The van der Waals surface area contributed by atoms with Crippen LogP contribution in [0.15, 0.2) is 59.8 Å². The SMILES string of the molecule is CCS(=O)(=O)NCc1nnc(SCc2ccccc2)n1-c1ccc([N+](=O)[O-])cc1. The van der Waals surface area contributed by atoms with Crippen LogP contribution in [0.4, 0.5) is 5.69 Å². The van der Waals surface area contributed by atoms with E-state index in [-0.39, 0.29) is 18.0 Å². The lowest BCUT2D eigenvalue weighted by atomic mass is 10.2. The van der Waals surface area contributed by atoms with Crippen molar-refractivity contribution in [3.63, 3.8) is 0 Å². The van der Waals surface area contributed by atoms with Crippen molar-refractivity contribution in [2.24, 2.45) is 0 Å². The van der Waals surface area contributed by atoms with Crippen molar-refractivity contribution < 1.29 is 13.3 Å². The number of hydrogen-bond donors (Lipinski definition) is 1. The molecule has 1 aromatic heterocycles. The summed E-state index contributed by atoms with van der Waals surface area (Å²) in [4.78, 5) is 10.5. The van der Waals surface area contributed by atoms with Gasteiger partial charge in [-0.25, -0.2) is 13.1 Å². The summed E-state index contributed by atoms with van der Waals surface area (Å²) < 4.78 is 27.8. The quantitative estimate of drug-likeness (QED) is 0.313. The molecule has 0 amide bonds. The van der Waals surface area contributed by atoms with Crippen molar-refractivity contribution >= 4 is 27.5 Å². The highest BCUT2D eigenvalue weighted by molar-refractivity contribution is 7.98. The van der Waals surface area contributed by atoms with Crippen LogP contribution in [0.25, 0.3) is 5.69 Å². The minimum Gasteiger partial charge on any atom is -0.273 e. The Morgan fingerprint density at radius 3 is 2.41 bits per heavy atom. The van der Waals surface area contributed by atoms with Crippen molar-refractivity contribution in [1.29, 1.82) is 0 Å². The normalized spacial score (nSPS) is 11.5. The molecule has 0 saturated carbocycles. The molecule has 3 aromatic rings. The Balaban J connectivity index is 1.91. The maximum atomic E-state index is 11.8. The molecule has 1 N–H and O–H groups in total. The lowest BCUT2D eigenvalue weighted by molar-refractivity contribution is -0.384. The zero-order valence-corrected chi connectivity index (χ0v) is 17.2. The summed E-state index contributed by atoms with van der Waals surface area (Å²) in [7, 11) is -3.41. The highest BCUT2D eigenvalue weighted by atomic mass is 32.2. The van der Waals surface area contributed by atoms with E-state index in [4.69, 9.17) is 0 Å². The van der Waals surface area contributed by atoms with Crippen molar-refractivity contribution in [2.45, 2.75) is 24.4 Å². The predicted octanol–water partition coefficient (Wildman–Crippen LogP) is 2.91. The first-order valence-corrected chi connectivity index (χ1v) is 11.4. The van der Waals surface area contributed by atoms with Gasteiger partial charge in [0.1, 0.15) is 0 Å². The standard InChI is InChI=1S/C18H19N5O4S2/c1-2-29(26,27)19-12-17-20-21-18(28-13-14-6-4-3-5-7-14)22(17)15-8-10-16(11-9-15)23(24)25/h3-11,19H,2,12-13H2,1H3. The third kappa shape index (κ3) is 5.40. The Kier molecular flexibility index (Phi) is 6.62. The third-order valence-corrected chi connectivity index (χ3v) is 6.40. The van der Waals surface area contributed by atoms with Crippen LogP contribution in [-0.4, -0.2) is 33.9 Å². The van der Waals surface area contributed by atoms with E-state index in [1.165, 1.54) is 23.9 Å². The Morgan fingerprint density at radius 1 is 1.10 bits per heavy atom. The van der Waals surface area contributed by atoms with Crippen molar-refractivity contribution in [3.05, 3.63) is 76.1 Å². The van der Waals surface area contributed by atoms with Gasteiger partial charge in [0.2, 0.25) is 10.0 Å². The lowest BCUT2D eigenvalue weighted by Crippen LogP contribution is -2.26. The van der Waals surface area contributed by atoms with Gasteiger partial charge in [-0.1, -0.05) is 42.1 Å². The summed E-state index contributed by atoms with van der Waals surface area (Å²) in [6.45, 7) is 1.51. The molecule has 0 bridgehead atoms. The van der Waals surface area contributed by atoms with Gasteiger partial charge >= 0.3 is 0 Å². The van der Waals surface area contributed by atoms with Gasteiger partial charge in [-0.05, 0) is 24.6 Å². The lowest BCUT2D eigenvalue weighted by Gasteiger charge is -2.11. The van der Waals surface area contributed by atoms with E-state index >= 15 is 0 Å². The van der Waals surface area contributed by atoms with Gasteiger partial charge in [-0.2, -0.15) is 0 Å². The fourth-order valence-corrected chi connectivity index (χ4v) is 3.97. The highest BCUT2D eigenvalue weighted by Crippen LogP contribution is 2.26. The monoisotopic (exact) mass is 433 g/mol. The topological polar surface area (TPSA) is 120 Å². The second-order valence-corrected chi connectivity index (χ2v) is 9.04. The molecule has 152 valence electrons. The molecule has 3 rings (SSSR count). The molecule has 0 fully saturated rings. The molecule has 0 unspecified atom stereocenters. The van der Waals surface area contributed by atoms with Crippen molar-refractivity contribution in [1.82, 2.24) is 19.5 Å². The van der Waals surface area contributed by atoms with Crippen LogP contribution in [0, 0.1) is 10.1 Å². The molecule has 11 heteroatoms. The summed E-state index contributed by atoms with van der Waals surface area (Å²) in [5, 5.41) is 19.8. The smallest absolute Gasteiger partial charge is 0.269 e. The van der Waals surface area contributed by atoms with Gasteiger partial charge in [0.25, 0.3) is 5.69 Å². The molecule has 0 aliphatic rings. The van der Waals surface area contributed by atoms with Gasteiger partial charge in [-0.15, -0.1) is 10.2 Å². The molecule has 0 radical (unpaired) electrons. The average molecular weight is 434 g/mol. The molecular formula is C18H19N5O4S2. The summed E-state index contributed by atoms with van der Waals surface area (Å²) in [6, 6.07) is 15.8. The molecule has 0 aliphatic carbocycles. The molecule has 0 aliphatic heterocycles. The number of benzene rings is 2. The van der Waals surface area contributed by atoms with E-state index < -0.39 is 14.9 Å². The number of hydrogen-bond acceptors (Lipinski definition) is 7. The number of aromatic nitrogens is 3. The first-order chi connectivity index (χ1) is 13.9. The number of sulfonamides is 1. The van der Waals surface area contributed by atoms with Crippen LogP contribution >= 0.6 is 11.8 Å². The Hall–Kier alpha value is -2.76. The first kappa shape index (κ1) is 21.0. The number of non-ortho nitro benzene ring substituents is 1. The van der Waals surface area contributed by atoms with E-state index in [2.05, 4.69) is 14.9 Å². The van der Waals surface area contributed by atoms with Gasteiger partial charge in [0, 0.05) is 23.6 Å². The minimum atomic E-state index is -3.41. The molecule has 2 aromatic carbocycles. The predicted molar refractivity (Wildman–Crippen MR) is 110 cm³/mol. The summed E-state index contributed by atoms with van der Waals surface area (Å²) in [6.07, 6.45) is 0. The van der Waals surface area contributed by atoms with E-state index in [0.29, 0.717) is 22.4 Å². The second kappa shape index (κ2) is 9.16.